The SMILES string of the molecule is Cc1nnc(SCC2=C(C(=O)O)N3C(=O)C(NC(=O)c4ccc(F)cc4F)C3SC2)s1. The Morgan fingerprint density at radius 3 is 2.77 bits per heavy atom. The van der Waals surface area contributed by atoms with Gasteiger partial charge in [0, 0.05) is 17.6 Å². The van der Waals surface area contributed by atoms with E-state index in [1.54, 1.807) is 0 Å². The smallest absolute Gasteiger partial charge is 0.352 e. The summed E-state index contributed by atoms with van der Waals surface area (Å²) < 4.78 is 27.6. The van der Waals surface area contributed by atoms with Crippen molar-refractivity contribution in [1.82, 2.24) is 20.4 Å². The molecule has 2 amide bonds. The molecule has 2 aliphatic heterocycles. The fraction of sp³-hybridized carbons (Fsp3) is 0.278. The zero-order chi connectivity index (χ0) is 22.3. The van der Waals surface area contributed by atoms with Crippen molar-refractivity contribution in [3.8, 4) is 0 Å². The van der Waals surface area contributed by atoms with Crippen LogP contribution in [0.4, 0.5) is 8.78 Å². The highest BCUT2D eigenvalue weighted by Crippen LogP contribution is 2.41. The number of aromatic nitrogens is 2. The van der Waals surface area contributed by atoms with Crippen LogP contribution in [0.1, 0.15) is 15.4 Å². The second-order valence-corrected chi connectivity index (χ2v) is 10.1. The Morgan fingerprint density at radius 2 is 2.13 bits per heavy atom. The van der Waals surface area contributed by atoms with E-state index in [1.165, 1.54) is 34.9 Å². The minimum absolute atomic E-state index is 0.110. The van der Waals surface area contributed by atoms with Crippen LogP contribution in [0.2, 0.25) is 0 Å². The quantitative estimate of drug-likeness (QED) is 0.474. The van der Waals surface area contributed by atoms with Crippen LogP contribution in [0.3, 0.4) is 0 Å². The molecule has 13 heteroatoms. The van der Waals surface area contributed by atoms with Crippen LogP contribution in [0, 0.1) is 18.6 Å². The van der Waals surface area contributed by atoms with Gasteiger partial charge in [0.15, 0.2) is 4.34 Å². The molecule has 2 atom stereocenters. The number of hydrogen-bond donors (Lipinski definition) is 2. The zero-order valence-electron chi connectivity index (χ0n) is 15.8. The lowest BCUT2D eigenvalue weighted by Gasteiger charge is -2.49. The highest BCUT2D eigenvalue weighted by molar-refractivity contribution is 8.01. The minimum atomic E-state index is -1.24. The Hall–Kier alpha value is -2.51. The van der Waals surface area contributed by atoms with Crippen LogP contribution in [-0.2, 0) is 9.59 Å². The Bertz CT molecular complexity index is 1120. The molecule has 1 fully saturated rings. The van der Waals surface area contributed by atoms with Crippen LogP contribution in [-0.4, -0.2) is 60.9 Å². The minimum Gasteiger partial charge on any atom is -0.477 e. The van der Waals surface area contributed by atoms with Gasteiger partial charge in [-0.3, -0.25) is 14.5 Å². The number of nitrogens with one attached hydrogen (secondary N) is 1. The summed E-state index contributed by atoms with van der Waals surface area (Å²) in [5.74, 6) is -3.90. The lowest BCUT2D eigenvalue weighted by atomic mass is 10.0. The first kappa shape index (κ1) is 21.7. The van der Waals surface area contributed by atoms with Crippen LogP contribution < -0.4 is 5.32 Å². The van der Waals surface area contributed by atoms with Gasteiger partial charge in [0.2, 0.25) is 0 Å². The largest absolute Gasteiger partial charge is 0.477 e. The number of carbonyl (C=O) groups is 3. The Balaban J connectivity index is 1.49. The summed E-state index contributed by atoms with van der Waals surface area (Å²) in [6.07, 6.45) is 0. The van der Waals surface area contributed by atoms with Crippen molar-refractivity contribution in [3.63, 3.8) is 0 Å². The van der Waals surface area contributed by atoms with E-state index in [4.69, 9.17) is 0 Å². The highest BCUT2D eigenvalue weighted by Gasteiger charge is 2.54. The molecule has 2 N–H and O–H groups in total. The molecule has 0 bridgehead atoms. The number of thioether (sulfide) groups is 2. The number of hydrogen-bond acceptors (Lipinski definition) is 8. The van der Waals surface area contributed by atoms with E-state index in [-0.39, 0.29) is 5.70 Å². The first-order chi connectivity index (χ1) is 14.8. The summed E-state index contributed by atoms with van der Waals surface area (Å²) in [5.41, 5.74) is 0.0576. The molecule has 3 heterocycles. The average Bonchev–Trinajstić information content (AvgIpc) is 3.14. The van der Waals surface area contributed by atoms with E-state index >= 15 is 0 Å². The van der Waals surface area contributed by atoms with Gasteiger partial charge in [0.05, 0.1) is 5.56 Å². The predicted octanol–water partition coefficient (Wildman–Crippen LogP) is 2.27. The normalized spacial score (nSPS) is 20.4. The third-order valence-corrected chi connectivity index (χ3v) is 7.99. The number of nitrogens with zero attached hydrogens (tertiary/aromatic N) is 3. The predicted molar refractivity (Wildman–Crippen MR) is 111 cm³/mol. The molecule has 0 aliphatic carbocycles. The molecule has 2 unspecified atom stereocenters. The summed E-state index contributed by atoms with van der Waals surface area (Å²) in [5, 5.41) is 20.2. The van der Waals surface area contributed by atoms with Gasteiger partial charge >= 0.3 is 5.97 Å². The van der Waals surface area contributed by atoms with Crippen molar-refractivity contribution >= 4 is 52.6 Å². The second kappa shape index (κ2) is 8.55. The van der Waals surface area contributed by atoms with Crippen LogP contribution in [0.5, 0.6) is 0 Å². The summed E-state index contributed by atoms with van der Waals surface area (Å²) in [6, 6.07) is 1.50. The van der Waals surface area contributed by atoms with Gasteiger partial charge in [-0.25, -0.2) is 13.6 Å². The number of amides is 2. The lowest BCUT2D eigenvalue weighted by Crippen LogP contribution is -2.70. The number of aliphatic carboxylic acids is 1. The molecule has 0 radical (unpaired) electrons. The molecule has 2 aromatic rings. The molecule has 162 valence electrons. The van der Waals surface area contributed by atoms with Crippen molar-refractivity contribution in [1.29, 1.82) is 0 Å². The van der Waals surface area contributed by atoms with Gasteiger partial charge in [-0.15, -0.1) is 22.0 Å². The molecule has 1 saturated heterocycles. The van der Waals surface area contributed by atoms with E-state index in [0.29, 0.717) is 27.5 Å². The van der Waals surface area contributed by atoms with Gasteiger partial charge in [-0.2, -0.15) is 0 Å². The molecule has 4 rings (SSSR count). The molecule has 31 heavy (non-hydrogen) atoms. The summed E-state index contributed by atoms with van der Waals surface area (Å²) in [4.78, 5) is 38.0. The Kier molecular flexibility index (Phi) is 5.99. The number of β-lactam (4-membered cyclic amide) rings is 1. The average molecular weight is 485 g/mol. The highest BCUT2D eigenvalue weighted by atomic mass is 32.2. The molecule has 2 aliphatic rings. The molecular formula is C18H14F2N4O4S3. The van der Waals surface area contributed by atoms with Crippen LogP contribution in [0.15, 0.2) is 33.8 Å². The van der Waals surface area contributed by atoms with Crippen molar-refractivity contribution in [2.75, 3.05) is 11.5 Å². The lowest BCUT2D eigenvalue weighted by molar-refractivity contribution is -0.148. The van der Waals surface area contributed by atoms with Gasteiger partial charge < -0.3 is 10.4 Å². The first-order valence-electron chi connectivity index (χ1n) is 8.85. The van der Waals surface area contributed by atoms with Crippen LogP contribution in [0.25, 0.3) is 0 Å². The number of fused-ring (bicyclic) bond motifs is 1. The summed E-state index contributed by atoms with van der Waals surface area (Å²) in [6.45, 7) is 1.82. The number of carboxylic acid groups (broad SMARTS) is 1. The molecule has 0 spiro atoms. The number of carboxylic acids is 1. The standard InChI is InChI=1S/C18H14F2N4O4S3/c1-7-22-23-18(31-7)30-6-8-5-29-16-12(15(26)24(16)13(8)17(27)28)21-14(25)10-3-2-9(19)4-11(10)20/h2-4,12,16H,5-6H2,1H3,(H,21,25)(H,27,28). The maximum atomic E-state index is 13.9. The van der Waals surface area contributed by atoms with Gasteiger partial charge in [-0.05, 0) is 24.6 Å². The maximum absolute atomic E-state index is 13.9. The molecule has 1 aromatic carbocycles. The number of rotatable bonds is 6. The summed E-state index contributed by atoms with van der Waals surface area (Å²) in [7, 11) is 0. The van der Waals surface area contributed by atoms with Gasteiger partial charge in [0.1, 0.15) is 33.8 Å². The third-order valence-electron chi connectivity index (χ3n) is 4.59. The van der Waals surface area contributed by atoms with Crippen molar-refractivity contribution in [2.24, 2.45) is 0 Å². The van der Waals surface area contributed by atoms with E-state index in [0.717, 1.165) is 22.0 Å². The molecule has 1 aromatic heterocycles. The number of aryl methyl sites for hydroxylation is 1. The van der Waals surface area contributed by atoms with Crippen LogP contribution >= 0.6 is 34.9 Å². The fourth-order valence-electron chi connectivity index (χ4n) is 3.17. The number of halogens is 2. The first-order valence-corrected chi connectivity index (χ1v) is 11.7. The van der Waals surface area contributed by atoms with E-state index in [1.807, 2.05) is 6.92 Å². The number of carbonyl (C=O) groups excluding carboxylic acids is 2. The second-order valence-electron chi connectivity index (χ2n) is 6.62. The third kappa shape index (κ3) is 4.16. The van der Waals surface area contributed by atoms with E-state index in [2.05, 4.69) is 15.5 Å². The van der Waals surface area contributed by atoms with Gasteiger partial charge in [-0.1, -0.05) is 23.1 Å². The number of benzene rings is 1. The zero-order valence-corrected chi connectivity index (χ0v) is 18.2. The summed E-state index contributed by atoms with van der Waals surface area (Å²) >= 11 is 4.04. The molecule has 8 nitrogen and oxygen atoms in total. The Labute approximate surface area is 187 Å². The van der Waals surface area contributed by atoms with E-state index < -0.39 is 46.4 Å². The van der Waals surface area contributed by atoms with Crippen molar-refractivity contribution in [2.45, 2.75) is 22.7 Å². The maximum Gasteiger partial charge on any atom is 0.352 e. The van der Waals surface area contributed by atoms with Gasteiger partial charge in [0.25, 0.3) is 11.8 Å². The molecular weight excluding hydrogens is 470 g/mol. The van der Waals surface area contributed by atoms with E-state index in [9.17, 15) is 28.3 Å². The Morgan fingerprint density at radius 1 is 1.35 bits per heavy atom. The molecule has 0 saturated carbocycles. The van der Waals surface area contributed by atoms with Crippen molar-refractivity contribution in [3.05, 3.63) is 51.7 Å². The fourth-order valence-corrected chi connectivity index (χ4v) is 6.47. The topological polar surface area (TPSA) is 112 Å². The monoisotopic (exact) mass is 484 g/mol. The van der Waals surface area contributed by atoms with Crippen molar-refractivity contribution < 1.29 is 28.3 Å².